The average Bonchev–Trinajstić information content (AvgIpc) is 3.33. The van der Waals surface area contributed by atoms with Gasteiger partial charge in [0.25, 0.3) is 0 Å². The van der Waals surface area contributed by atoms with Gasteiger partial charge in [-0.05, 0) is 44.0 Å². The number of nitrogens with one attached hydrogen (secondary N) is 1. The van der Waals surface area contributed by atoms with Crippen molar-refractivity contribution in [2.45, 2.75) is 50.3 Å². The summed E-state index contributed by atoms with van der Waals surface area (Å²) in [5, 5.41) is 3.20. The average molecular weight is 408 g/mol. The van der Waals surface area contributed by atoms with E-state index >= 15 is 0 Å². The lowest BCUT2D eigenvalue weighted by Crippen LogP contribution is -2.40. The first-order chi connectivity index (χ1) is 14.1. The van der Waals surface area contributed by atoms with Crippen LogP contribution < -0.4 is 5.32 Å². The minimum atomic E-state index is -0.427. The fraction of sp³-hybridized carbons (Fsp3) is 0.348. The van der Waals surface area contributed by atoms with Gasteiger partial charge in [-0.15, -0.1) is 0 Å². The highest BCUT2D eigenvalue weighted by Crippen LogP contribution is 2.37. The van der Waals surface area contributed by atoms with Crippen LogP contribution in [-0.4, -0.2) is 33.2 Å². The van der Waals surface area contributed by atoms with E-state index in [2.05, 4.69) is 5.32 Å². The Hall–Kier alpha value is -2.60. The Balaban J connectivity index is 1.50. The second-order valence-corrected chi connectivity index (χ2v) is 8.77. The number of carbonyl (C=O) groups is 2. The normalized spacial score (nSPS) is 21.1. The predicted octanol–water partition coefficient (Wildman–Crippen LogP) is 4.90. The van der Waals surface area contributed by atoms with Gasteiger partial charge in [0.2, 0.25) is 11.8 Å². The molecule has 0 radical (unpaired) electrons. The van der Waals surface area contributed by atoms with Gasteiger partial charge in [-0.25, -0.2) is 4.99 Å². The molecular formula is C23H25N3O2S. The zero-order valence-electron chi connectivity index (χ0n) is 16.5. The van der Waals surface area contributed by atoms with Crippen molar-refractivity contribution < 1.29 is 9.59 Å². The van der Waals surface area contributed by atoms with Crippen molar-refractivity contribution >= 4 is 40.1 Å². The molecule has 1 N–H and O–H groups in total. The Morgan fingerprint density at radius 2 is 1.79 bits per heavy atom. The molecule has 2 aromatic rings. The van der Waals surface area contributed by atoms with Crippen LogP contribution in [0.15, 0.2) is 59.6 Å². The molecule has 0 aromatic heterocycles. The van der Waals surface area contributed by atoms with Crippen LogP contribution in [0.3, 0.4) is 0 Å². The molecule has 6 heteroatoms. The SMILES string of the molecule is Cc1ccc(NC(=O)CC2SC(=Nc3ccccc3)N(C3CCCC3)C2=O)cc1. The largest absolute Gasteiger partial charge is 0.326 e. The lowest BCUT2D eigenvalue weighted by Gasteiger charge is -2.23. The van der Waals surface area contributed by atoms with E-state index in [0.29, 0.717) is 0 Å². The van der Waals surface area contributed by atoms with Crippen molar-refractivity contribution in [2.75, 3.05) is 5.32 Å². The molecule has 2 aromatic carbocycles. The number of hydrogen-bond acceptors (Lipinski definition) is 4. The van der Waals surface area contributed by atoms with E-state index < -0.39 is 5.25 Å². The Bertz CT molecular complexity index is 905. The van der Waals surface area contributed by atoms with Crippen LogP contribution in [0, 0.1) is 6.92 Å². The van der Waals surface area contributed by atoms with E-state index in [4.69, 9.17) is 4.99 Å². The molecule has 5 nitrogen and oxygen atoms in total. The van der Waals surface area contributed by atoms with E-state index in [1.807, 2.05) is 66.4 Å². The van der Waals surface area contributed by atoms with Crippen LogP contribution in [0.5, 0.6) is 0 Å². The van der Waals surface area contributed by atoms with Crippen molar-refractivity contribution in [3.63, 3.8) is 0 Å². The predicted molar refractivity (Wildman–Crippen MR) is 118 cm³/mol. The van der Waals surface area contributed by atoms with Gasteiger partial charge in [0.05, 0.1) is 5.69 Å². The number of rotatable bonds is 5. The standard InChI is InChI=1S/C23H25N3O2S/c1-16-11-13-18(14-12-16)24-21(27)15-20-22(28)26(19-9-5-6-10-19)23(29-20)25-17-7-3-2-4-8-17/h2-4,7-8,11-14,19-20H,5-6,9-10,15H2,1H3,(H,24,27). The smallest absolute Gasteiger partial charge is 0.242 e. The lowest BCUT2D eigenvalue weighted by molar-refractivity contribution is -0.129. The molecule has 2 fully saturated rings. The van der Waals surface area contributed by atoms with Crippen LogP contribution >= 0.6 is 11.8 Å². The number of anilines is 1. The van der Waals surface area contributed by atoms with E-state index in [-0.39, 0.29) is 24.3 Å². The topological polar surface area (TPSA) is 61.8 Å². The van der Waals surface area contributed by atoms with Gasteiger partial charge in [-0.2, -0.15) is 0 Å². The summed E-state index contributed by atoms with van der Waals surface area (Å²) in [5.74, 6) is -0.136. The maximum absolute atomic E-state index is 13.2. The third-order valence-corrected chi connectivity index (χ3v) is 6.50. The molecule has 1 unspecified atom stereocenters. The number of hydrogen-bond donors (Lipinski definition) is 1. The number of thioether (sulfide) groups is 1. The van der Waals surface area contributed by atoms with E-state index in [9.17, 15) is 9.59 Å². The number of benzene rings is 2. The molecule has 1 saturated heterocycles. The highest BCUT2D eigenvalue weighted by atomic mass is 32.2. The number of aryl methyl sites for hydroxylation is 1. The Kier molecular flexibility index (Phi) is 6.00. The summed E-state index contributed by atoms with van der Waals surface area (Å²) in [6.45, 7) is 2.00. The minimum absolute atomic E-state index is 0.00985. The Morgan fingerprint density at radius 3 is 2.48 bits per heavy atom. The highest BCUT2D eigenvalue weighted by Gasteiger charge is 2.43. The molecule has 150 valence electrons. The third kappa shape index (κ3) is 4.70. The van der Waals surface area contributed by atoms with Crippen LogP contribution in [0.2, 0.25) is 0 Å². The Morgan fingerprint density at radius 1 is 1.10 bits per heavy atom. The second kappa shape index (κ2) is 8.82. The summed E-state index contributed by atoms with van der Waals surface area (Å²) in [6.07, 6.45) is 4.42. The molecule has 1 aliphatic heterocycles. The summed E-state index contributed by atoms with van der Waals surface area (Å²) in [4.78, 5) is 32.3. The Labute approximate surface area is 175 Å². The van der Waals surface area contributed by atoms with Crippen LogP contribution in [-0.2, 0) is 9.59 Å². The molecule has 2 aliphatic rings. The van der Waals surface area contributed by atoms with Gasteiger partial charge in [-0.3, -0.25) is 14.5 Å². The van der Waals surface area contributed by atoms with Crippen molar-refractivity contribution in [3.05, 3.63) is 60.2 Å². The van der Waals surface area contributed by atoms with E-state index in [0.717, 1.165) is 47.8 Å². The number of nitrogens with zero attached hydrogens (tertiary/aromatic N) is 2. The van der Waals surface area contributed by atoms with Crippen LogP contribution in [0.1, 0.15) is 37.7 Å². The molecule has 2 amide bonds. The van der Waals surface area contributed by atoms with Crippen LogP contribution in [0.4, 0.5) is 11.4 Å². The van der Waals surface area contributed by atoms with Gasteiger partial charge in [-0.1, -0.05) is 60.5 Å². The summed E-state index contributed by atoms with van der Waals surface area (Å²) < 4.78 is 0. The van der Waals surface area contributed by atoms with Gasteiger partial charge in [0, 0.05) is 18.2 Å². The number of amidine groups is 1. The first-order valence-corrected chi connectivity index (χ1v) is 11.0. The van der Waals surface area contributed by atoms with E-state index in [1.54, 1.807) is 0 Å². The van der Waals surface area contributed by atoms with Crippen molar-refractivity contribution in [1.82, 2.24) is 4.90 Å². The molecule has 1 aliphatic carbocycles. The summed E-state index contributed by atoms with van der Waals surface area (Å²) in [6, 6.07) is 17.6. The lowest BCUT2D eigenvalue weighted by atomic mass is 10.2. The molecular weight excluding hydrogens is 382 g/mol. The number of amides is 2. The number of carbonyl (C=O) groups excluding carboxylic acids is 2. The maximum Gasteiger partial charge on any atom is 0.242 e. The van der Waals surface area contributed by atoms with Gasteiger partial charge in [0.15, 0.2) is 5.17 Å². The molecule has 4 rings (SSSR count). The van der Waals surface area contributed by atoms with Crippen LogP contribution in [0.25, 0.3) is 0 Å². The first kappa shape index (κ1) is 19.7. The fourth-order valence-corrected chi connectivity index (χ4v) is 5.04. The van der Waals surface area contributed by atoms with E-state index in [1.165, 1.54) is 11.8 Å². The maximum atomic E-state index is 13.2. The second-order valence-electron chi connectivity index (χ2n) is 7.60. The molecule has 0 spiro atoms. The zero-order chi connectivity index (χ0) is 20.2. The quantitative estimate of drug-likeness (QED) is 0.767. The summed E-state index contributed by atoms with van der Waals surface area (Å²) >= 11 is 1.42. The number of para-hydroxylation sites is 1. The van der Waals surface area contributed by atoms with Gasteiger partial charge >= 0.3 is 0 Å². The molecule has 1 heterocycles. The van der Waals surface area contributed by atoms with Gasteiger partial charge in [0.1, 0.15) is 5.25 Å². The zero-order valence-corrected chi connectivity index (χ0v) is 17.3. The monoisotopic (exact) mass is 407 g/mol. The summed E-state index contributed by atoms with van der Waals surface area (Å²) in [5.41, 5.74) is 2.72. The van der Waals surface area contributed by atoms with Crippen molar-refractivity contribution in [2.24, 2.45) is 4.99 Å². The molecule has 0 bridgehead atoms. The fourth-order valence-electron chi connectivity index (χ4n) is 3.82. The van der Waals surface area contributed by atoms with Crippen molar-refractivity contribution in [1.29, 1.82) is 0 Å². The molecule has 1 saturated carbocycles. The van der Waals surface area contributed by atoms with Gasteiger partial charge < -0.3 is 5.32 Å². The highest BCUT2D eigenvalue weighted by molar-refractivity contribution is 8.15. The molecule has 29 heavy (non-hydrogen) atoms. The third-order valence-electron chi connectivity index (χ3n) is 5.34. The van der Waals surface area contributed by atoms with Crippen molar-refractivity contribution in [3.8, 4) is 0 Å². The number of aliphatic imine (C=N–C) groups is 1. The molecule has 1 atom stereocenters. The summed E-state index contributed by atoms with van der Waals surface area (Å²) in [7, 11) is 0. The first-order valence-electron chi connectivity index (χ1n) is 10.1. The minimum Gasteiger partial charge on any atom is -0.326 e.